The summed E-state index contributed by atoms with van der Waals surface area (Å²) in [4.78, 5) is 22.8. The molecule has 0 saturated carbocycles. The van der Waals surface area contributed by atoms with Gasteiger partial charge in [0.15, 0.2) is 11.4 Å². The maximum absolute atomic E-state index is 13.8. The van der Waals surface area contributed by atoms with Crippen molar-refractivity contribution in [2.24, 2.45) is 5.73 Å². The zero-order chi connectivity index (χ0) is 14.2. The van der Waals surface area contributed by atoms with Gasteiger partial charge in [0.2, 0.25) is 0 Å². The standard InChI is InChI=1S/C12H10FN3O3/c1-6-3-2-4-7(13)11(6)16-9(18)5-8(17)10(15-16)12(14)19/h2-5,17H,1H3,(H2,14,19). The fraction of sp³-hybridized carbons (Fsp3) is 0.0833. The Hall–Kier alpha value is -2.70. The lowest BCUT2D eigenvalue weighted by molar-refractivity contribution is 0.0990. The smallest absolute Gasteiger partial charge is 0.275 e. The summed E-state index contributed by atoms with van der Waals surface area (Å²) < 4.78 is 14.5. The summed E-state index contributed by atoms with van der Waals surface area (Å²) in [5.41, 5.74) is 4.12. The molecule has 0 aliphatic rings. The largest absolute Gasteiger partial charge is 0.505 e. The Labute approximate surface area is 106 Å². The van der Waals surface area contributed by atoms with Gasteiger partial charge in [-0.25, -0.2) is 4.39 Å². The summed E-state index contributed by atoms with van der Waals surface area (Å²) in [7, 11) is 0. The number of para-hydroxylation sites is 1. The van der Waals surface area contributed by atoms with E-state index >= 15 is 0 Å². The van der Waals surface area contributed by atoms with Crippen LogP contribution in [0.4, 0.5) is 4.39 Å². The SMILES string of the molecule is Cc1cccc(F)c1-n1nc(C(N)=O)c(O)cc1=O. The molecule has 2 aromatic rings. The summed E-state index contributed by atoms with van der Waals surface area (Å²) in [6.07, 6.45) is 0. The number of carbonyl (C=O) groups excluding carboxylic acids is 1. The third kappa shape index (κ3) is 2.17. The Morgan fingerprint density at radius 3 is 2.74 bits per heavy atom. The zero-order valence-electron chi connectivity index (χ0n) is 9.92. The number of aryl methyl sites for hydroxylation is 1. The van der Waals surface area contributed by atoms with Crippen LogP contribution in [0.3, 0.4) is 0 Å². The van der Waals surface area contributed by atoms with E-state index in [0.29, 0.717) is 10.2 Å². The van der Waals surface area contributed by atoms with Gasteiger partial charge in [0.05, 0.1) is 0 Å². The van der Waals surface area contributed by atoms with Gasteiger partial charge in [0, 0.05) is 6.07 Å². The molecule has 0 aliphatic heterocycles. The summed E-state index contributed by atoms with van der Waals surface area (Å²) in [5.74, 6) is -2.32. The fourth-order valence-corrected chi connectivity index (χ4v) is 1.67. The first-order valence-corrected chi connectivity index (χ1v) is 5.30. The van der Waals surface area contributed by atoms with Gasteiger partial charge < -0.3 is 10.8 Å². The normalized spacial score (nSPS) is 10.4. The highest BCUT2D eigenvalue weighted by Gasteiger charge is 2.17. The monoisotopic (exact) mass is 263 g/mol. The maximum atomic E-state index is 13.8. The number of nitrogens with two attached hydrogens (primary N) is 1. The number of amides is 1. The molecule has 98 valence electrons. The first-order chi connectivity index (χ1) is 8.91. The number of primary amides is 1. The molecule has 0 aliphatic carbocycles. The first-order valence-electron chi connectivity index (χ1n) is 5.30. The van der Waals surface area contributed by atoms with E-state index in [1.54, 1.807) is 13.0 Å². The van der Waals surface area contributed by atoms with Crippen molar-refractivity contribution < 1.29 is 14.3 Å². The molecule has 1 heterocycles. The number of aromatic nitrogens is 2. The van der Waals surface area contributed by atoms with Crippen molar-refractivity contribution in [3.05, 3.63) is 51.7 Å². The molecule has 0 bridgehead atoms. The Morgan fingerprint density at radius 2 is 2.16 bits per heavy atom. The van der Waals surface area contributed by atoms with Crippen LogP contribution in [0, 0.1) is 12.7 Å². The van der Waals surface area contributed by atoms with Crippen LogP contribution in [0.2, 0.25) is 0 Å². The average molecular weight is 263 g/mol. The number of nitrogens with zero attached hydrogens (tertiary/aromatic N) is 2. The van der Waals surface area contributed by atoms with Crippen LogP contribution in [0.25, 0.3) is 5.69 Å². The predicted octanol–water partition coefficient (Wildman–Crippen LogP) is 0.485. The van der Waals surface area contributed by atoms with E-state index in [4.69, 9.17) is 5.73 Å². The van der Waals surface area contributed by atoms with Gasteiger partial charge >= 0.3 is 0 Å². The Balaban J connectivity index is 2.80. The summed E-state index contributed by atoms with van der Waals surface area (Å²) in [6.45, 7) is 1.59. The van der Waals surface area contributed by atoms with Crippen molar-refractivity contribution in [3.63, 3.8) is 0 Å². The van der Waals surface area contributed by atoms with Crippen molar-refractivity contribution in [1.82, 2.24) is 9.78 Å². The van der Waals surface area contributed by atoms with E-state index in [1.807, 2.05) is 0 Å². The van der Waals surface area contributed by atoms with Gasteiger partial charge in [-0.2, -0.15) is 9.78 Å². The highest BCUT2D eigenvalue weighted by Crippen LogP contribution is 2.17. The van der Waals surface area contributed by atoms with Crippen molar-refractivity contribution in [2.45, 2.75) is 6.92 Å². The number of halogens is 1. The molecule has 6 nitrogen and oxygen atoms in total. The maximum Gasteiger partial charge on any atom is 0.275 e. The highest BCUT2D eigenvalue weighted by atomic mass is 19.1. The van der Waals surface area contributed by atoms with Crippen molar-refractivity contribution >= 4 is 5.91 Å². The third-order valence-corrected chi connectivity index (χ3v) is 2.55. The lowest BCUT2D eigenvalue weighted by Crippen LogP contribution is -2.26. The van der Waals surface area contributed by atoms with E-state index in [-0.39, 0.29) is 5.69 Å². The van der Waals surface area contributed by atoms with E-state index in [9.17, 15) is 19.1 Å². The molecule has 1 aromatic heterocycles. The van der Waals surface area contributed by atoms with Gasteiger partial charge in [-0.15, -0.1) is 0 Å². The Kier molecular flexibility index (Phi) is 3.04. The lowest BCUT2D eigenvalue weighted by Gasteiger charge is -2.10. The average Bonchev–Trinajstić information content (AvgIpc) is 2.30. The second-order valence-corrected chi connectivity index (χ2v) is 3.90. The van der Waals surface area contributed by atoms with Crippen molar-refractivity contribution in [3.8, 4) is 11.4 Å². The molecule has 7 heteroatoms. The first kappa shape index (κ1) is 12.7. The second-order valence-electron chi connectivity index (χ2n) is 3.90. The van der Waals surface area contributed by atoms with E-state index in [1.165, 1.54) is 6.07 Å². The summed E-state index contributed by atoms with van der Waals surface area (Å²) in [6, 6.07) is 4.99. The number of aromatic hydroxyl groups is 1. The van der Waals surface area contributed by atoms with E-state index < -0.39 is 28.7 Å². The molecule has 19 heavy (non-hydrogen) atoms. The molecular weight excluding hydrogens is 253 g/mol. The molecule has 0 radical (unpaired) electrons. The van der Waals surface area contributed by atoms with Gasteiger partial charge in [0.25, 0.3) is 11.5 Å². The third-order valence-electron chi connectivity index (χ3n) is 2.55. The van der Waals surface area contributed by atoms with Crippen molar-refractivity contribution in [1.29, 1.82) is 0 Å². The molecular formula is C12H10FN3O3. The minimum absolute atomic E-state index is 0.0880. The van der Waals surface area contributed by atoms with Crippen LogP contribution in [0.1, 0.15) is 16.1 Å². The molecule has 1 aromatic carbocycles. The minimum atomic E-state index is -1.01. The quantitative estimate of drug-likeness (QED) is 0.823. The molecule has 0 unspecified atom stereocenters. The van der Waals surface area contributed by atoms with Crippen LogP contribution in [0.15, 0.2) is 29.1 Å². The number of hydrogen-bond donors (Lipinski definition) is 2. The number of rotatable bonds is 2. The number of hydrogen-bond acceptors (Lipinski definition) is 4. The summed E-state index contributed by atoms with van der Waals surface area (Å²) in [5, 5.41) is 13.0. The molecule has 0 saturated heterocycles. The molecule has 2 rings (SSSR count). The van der Waals surface area contributed by atoms with Gasteiger partial charge in [0.1, 0.15) is 11.5 Å². The number of benzene rings is 1. The molecule has 0 atom stereocenters. The van der Waals surface area contributed by atoms with E-state index in [0.717, 1.165) is 12.1 Å². The van der Waals surface area contributed by atoms with Crippen LogP contribution in [-0.4, -0.2) is 20.8 Å². The Morgan fingerprint density at radius 1 is 1.47 bits per heavy atom. The lowest BCUT2D eigenvalue weighted by atomic mass is 10.2. The van der Waals surface area contributed by atoms with Crippen LogP contribution < -0.4 is 11.3 Å². The van der Waals surface area contributed by atoms with Crippen LogP contribution in [0.5, 0.6) is 5.75 Å². The van der Waals surface area contributed by atoms with Crippen molar-refractivity contribution in [2.75, 3.05) is 0 Å². The summed E-state index contributed by atoms with van der Waals surface area (Å²) >= 11 is 0. The molecule has 1 amide bonds. The van der Waals surface area contributed by atoms with Gasteiger partial charge in [-0.05, 0) is 18.6 Å². The fourth-order valence-electron chi connectivity index (χ4n) is 1.67. The highest BCUT2D eigenvalue weighted by molar-refractivity contribution is 5.93. The van der Waals surface area contributed by atoms with Gasteiger partial charge in [-0.1, -0.05) is 12.1 Å². The molecule has 0 spiro atoms. The van der Waals surface area contributed by atoms with E-state index in [2.05, 4.69) is 5.10 Å². The van der Waals surface area contributed by atoms with Crippen LogP contribution in [-0.2, 0) is 0 Å². The predicted molar refractivity (Wildman–Crippen MR) is 64.7 cm³/mol. The number of carbonyl (C=O) groups is 1. The second kappa shape index (κ2) is 4.52. The molecule has 3 N–H and O–H groups in total. The van der Waals surface area contributed by atoms with Crippen LogP contribution >= 0.6 is 0 Å². The Bertz CT molecular complexity index is 704. The topological polar surface area (TPSA) is 98.2 Å². The molecule has 0 fully saturated rings. The zero-order valence-corrected chi connectivity index (χ0v) is 9.92. The van der Waals surface area contributed by atoms with Gasteiger partial charge in [-0.3, -0.25) is 9.59 Å². The minimum Gasteiger partial charge on any atom is -0.505 e.